The number of nitrogens with zero attached hydrogens (tertiary/aromatic N) is 5. The smallest absolute Gasteiger partial charge is 0.194 e. The summed E-state index contributed by atoms with van der Waals surface area (Å²) in [5.41, 5.74) is 5.05. The molecule has 3 aromatic heterocycles. The largest absolute Gasteiger partial charge is 0.370 e. The fourth-order valence-corrected chi connectivity index (χ4v) is 7.47. The molecule has 2 aliphatic heterocycles. The van der Waals surface area contributed by atoms with Crippen LogP contribution in [0.1, 0.15) is 43.2 Å². The number of thiocarbonyl (C=S) groups is 1. The van der Waals surface area contributed by atoms with E-state index in [0.29, 0.717) is 5.11 Å². The van der Waals surface area contributed by atoms with Crippen molar-refractivity contribution < 1.29 is 0 Å². The highest BCUT2D eigenvalue weighted by molar-refractivity contribution is 7.80. The molecule has 40 heavy (non-hydrogen) atoms. The third kappa shape index (κ3) is 4.54. The summed E-state index contributed by atoms with van der Waals surface area (Å²) in [7, 11) is 0. The van der Waals surface area contributed by atoms with E-state index in [-0.39, 0.29) is 12.1 Å². The van der Waals surface area contributed by atoms with Crippen molar-refractivity contribution in [2.24, 2.45) is 5.92 Å². The van der Waals surface area contributed by atoms with Gasteiger partial charge in [-0.2, -0.15) is 0 Å². The van der Waals surface area contributed by atoms with Crippen LogP contribution in [0.5, 0.6) is 0 Å². The maximum absolute atomic E-state index is 6.97. The van der Waals surface area contributed by atoms with Crippen LogP contribution in [0.15, 0.2) is 85.2 Å². The molecule has 7 rings (SSSR count). The first kappa shape index (κ1) is 25.5. The monoisotopic (exact) mass is 584 g/mol. The normalized spacial score (nSPS) is 19.9. The molecule has 2 fully saturated rings. The average molecular weight is 585 g/mol. The van der Waals surface area contributed by atoms with Crippen LogP contribution >= 0.6 is 35.2 Å². The minimum atomic E-state index is -0.165. The van der Waals surface area contributed by atoms with Gasteiger partial charge in [0.15, 0.2) is 10.2 Å². The maximum Gasteiger partial charge on any atom is 0.194 e. The Labute approximate surface area is 248 Å². The molecule has 2 aliphatic rings. The van der Waals surface area contributed by atoms with Crippen molar-refractivity contribution in [3.05, 3.63) is 102 Å². The Morgan fingerprint density at radius 3 is 2.60 bits per heavy atom. The van der Waals surface area contributed by atoms with Crippen molar-refractivity contribution in [1.82, 2.24) is 19.9 Å². The lowest BCUT2D eigenvalue weighted by molar-refractivity contribution is 0.438. The van der Waals surface area contributed by atoms with Crippen molar-refractivity contribution >= 4 is 61.9 Å². The standard InChI is InChI=1S/C31H29ClN6S2/c1-20-13-17-36(18-14-20)25-12-11-21(19-22(25)32)38-29(28(35-30(38)39)24-8-4-5-15-33-24)26-9-6-16-37(26)31-34-23-7-2-3-10-27(23)40-31/h2-12,15-16,19-20,28-29H,13-14,17-18H2,1H3,(H,35,39)/t28-,29-/m1/s1. The SMILES string of the molecule is CC1CCN(c2ccc(N3C(=S)N[C@H](c4ccccn4)[C@H]3c3cccn3-c3nc4ccccc4s3)cc2Cl)CC1. The van der Waals surface area contributed by atoms with E-state index in [1.54, 1.807) is 11.3 Å². The number of benzene rings is 2. The van der Waals surface area contributed by atoms with Crippen LogP contribution < -0.4 is 15.1 Å². The lowest BCUT2D eigenvalue weighted by Gasteiger charge is -2.33. The van der Waals surface area contributed by atoms with Crippen molar-refractivity contribution in [2.75, 3.05) is 22.9 Å². The first-order valence-corrected chi connectivity index (χ1v) is 15.3. The molecule has 2 aromatic carbocycles. The minimum absolute atomic E-state index is 0.154. The number of pyridine rings is 1. The zero-order valence-corrected chi connectivity index (χ0v) is 24.5. The zero-order valence-electron chi connectivity index (χ0n) is 22.1. The third-order valence-electron chi connectivity index (χ3n) is 8.00. The highest BCUT2D eigenvalue weighted by Gasteiger charge is 2.42. The topological polar surface area (TPSA) is 49.2 Å². The summed E-state index contributed by atoms with van der Waals surface area (Å²) in [5, 5.41) is 5.89. The number of rotatable bonds is 5. The number of thiazole rings is 1. The molecule has 9 heteroatoms. The predicted molar refractivity (Wildman–Crippen MR) is 169 cm³/mol. The maximum atomic E-state index is 6.97. The van der Waals surface area contributed by atoms with Crippen LogP contribution in [0.3, 0.4) is 0 Å². The Hall–Kier alpha value is -3.46. The van der Waals surface area contributed by atoms with Gasteiger partial charge in [-0.25, -0.2) is 4.98 Å². The molecule has 5 aromatic rings. The summed E-state index contributed by atoms with van der Waals surface area (Å²) in [5.74, 6) is 0.762. The third-order valence-corrected chi connectivity index (χ3v) is 9.66. The number of anilines is 2. The summed E-state index contributed by atoms with van der Waals surface area (Å²) in [6.07, 6.45) is 6.29. The summed E-state index contributed by atoms with van der Waals surface area (Å²) in [4.78, 5) is 14.3. The van der Waals surface area contributed by atoms with Crippen molar-refractivity contribution in [3.8, 4) is 5.13 Å². The second kappa shape index (κ2) is 10.5. The number of hydrogen-bond acceptors (Lipinski definition) is 5. The lowest BCUT2D eigenvalue weighted by Crippen LogP contribution is -2.33. The van der Waals surface area contributed by atoms with E-state index >= 15 is 0 Å². The molecule has 2 saturated heterocycles. The summed E-state index contributed by atoms with van der Waals surface area (Å²) < 4.78 is 3.34. The lowest BCUT2D eigenvalue weighted by atomic mass is 9.98. The van der Waals surface area contributed by atoms with E-state index < -0.39 is 0 Å². The van der Waals surface area contributed by atoms with Gasteiger partial charge in [0.25, 0.3) is 0 Å². The number of piperidine rings is 1. The van der Waals surface area contributed by atoms with Gasteiger partial charge in [-0.05, 0) is 85.6 Å². The molecule has 2 atom stereocenters. The molecule has 0 amide bonds. The van der Waals surface area contributed by atoms with Gasteiger partial charge < -0.3 is 15.1 Å². The second-order valence-corrected chi connectivity index (χ2v) is 12.4. The molecule has 6 nitrogen and oxygen atoms in total. The molecule has 0 spiro atoms. The Kier molecular flexibility index (Phi) is 6.70. The van der Waals surface area contributed by atoms with E-state index in [4.69, 9.17) is 33.8 Å². The van der Waals surface area contributed by atoms with E-state index in [1.165, 1.54) is 12.8 Å². The molecule has 202 valence electrons. The van der Waals surface area contributed by atoms with Crippen LogP contribution in [0.2, 0.25) is 5.02 Å². The highest BCUT2D eigenvalue weighted by Crippen LogP contribution is 2.44. The van der Waals surface area contributed by atoms with Gasteiger partial charge in [0.05, 0.1) is 38.4 Å². The molecule has 0 aliphatic carbocycles. The number of nitrogens with one attached hydrogen (secondary N) is 1. The van der Waals surface area contributed by atoms with Gasteiger partial charge in [-0.15, -0.1) is 0 Å². The zero-order chi connectivity index (χ0) is 27.2. The number of para-hydroxylation sites is 1. The predicted octanol–water partition coefficient (Wildman–Crippen LogP) is 7.55. The van der Waals surface area contributed by atoms with E-state index in [0.717, 1.165) is 62.1 Å². The first-order chi connectivity index (χ1) is 19.6. The quantitative estimate of drug-likeness (QED) is 0.215. The van der Waals surface area contributed by atoms with Gasteiger partial charge in [-0.1, -0.05) is 48.1 Å². The van der Waals surface area contributed by atoms with Crippen LogP contribution in [0.4, 0.5) is 11.4 Å². The summed E-state index contributed by atoms with van der Waals surface area (Å²) >= 11 is 14.6. The Bertz CT molecular complexity index is 1640. The van der Waals surface area contributed by atoms with E-state index in [9.17, 15) is 0 Å². The number of halogens is 1. The molecule has 1 N–H and O–H groups in total. The van der Waals surface area contributed by atoms with Crippen LogP contribution in [-0.2, 0) is 0 Å². The van der Waals surface area contributed by atoms with Gasteiger partial charge in [-0.3, -0.25) is 9.55 Å². The number of fused-ring (bicyclic) bond motifs is 1. The summed E-state index contributed by atoms with van der Waals surface area (Å²) in [6, 6.07) is 24.5. The fraction of sp³-hybridized carbons (Fsp3) is 0.258. The number of aromatic nitrogens is 3. The van der Waals surface area contributed by atoms with Crippen LogP contribution in [0, 0.1) is 5.92 Å². The first-order valence-electron chi connectivity index (χ1n) is 13.6. The van der Waals surface area contributed by atoms with Gasteiger partial charge in [0, 0.05) is 31.2 Å². The molecule has 0 radical (unpaired) electrons. The molecular weight excluding hydrogens is 556 g/mol. The Morgan fingerprint density at radius 1 is 1.00 bits per heavy atom. The highest BCUT2D eigenvalue weighted by atomic mass is 35.5. The van der Waals surface area contributed by atoms with E-state index in [2.05, 4.69) is 87.4 Å². The van der Waals surface area contributed by atoms with Gasteiger partial charge in [0.1, 0.15) is 6.04 Å². The fourth-order valence-electron chi connectivity index (χ4n) is 5.86. The van der Waals surface area contributed by atoms with Crippen LogP contribution in [0.25, 0.3) is 15.3 Å². The summed E-state index contributed by atoms with van der Waals surface area (Å²) in [6.45, 7) is 4.39. The Morgan fingerprint density at radius 2 is 1.82 bits per heavy atom. The van der Waals surface area contributed by atoms with Crippen molar-refractivity contribution in [3.63, 3.8) is 0 Å². The molecular formula is C31H29ClN6S2. The minimum Gasteiger partial charge on any atom is -0.370 e. The molecule has 0 saturated carbocycles. The van der Waals surface area contributed by atoms with Gasteiger partial charge in [0.2, 0.25) is 0 Å². The molecule has 0 bridgehead atoms. The van der Waals surface area contributed by atoms with E-state index in [1.807, 2.05) is 24.4 Å². The Balaban J connectivity index is 1.31. The average Bonchev–Trinajstić information content (AvgIpc) is 3.70. The van der Waals surface area contributed by atoms with Crippen molar-refractivity contribution in [2.45, 2.75) is 31.8 Å². The second-order valence-electron chi connectivity index (χ2n) is 10.6. The van der Waals surface area contributed by atoms with Gasteiger partial charge >= 0.3 is 0 Å². The molecule has 5 heterocycles. The number of hydrogen-bond donors (Lipinski definition) is 1. The van der Waals surface area contributed by atoms with Crippen LogP contribution in [-0.4, -0.2) is 32.7 Å². The molecule has 0 unspecified atom stereocenters. The van der Waals surface area contributed by atoms with Crippen molar-refractivity contribution in [1.29, 1.82) is 0 Å².